The van der Waals surface area contributed by atoms with Crippen molar-refractivity contribution in [2.24, 2.45) is 0 Å². The molecule has 2 aliphatic rings. The number of fused-ring (bicyclic) bond motifs is 2. The summed E-state index contributed by atoms with van der Waals surface area (Å²) in [4.78, 5) is 27.6. The molecule has 6 rings (SSSR count). The summed E-state index contributed by atoms with van der Waals surface area (Å²) in [6, 6.07) is 25.7. The molecule has 0 unspecified atom stereocenters. The molecule has 9 heteroatoms. The molecule has 9 nitrogen and oxygen atoms in total. The van der Waals surface area contributed by atoms with Gasteiger partial charge in [-0.05, 0) is 35.4 Å². The summed E-state index contributed by atoms with van der Waals surface area (Å²) in [5.41, 5.74) is 3.91. The predicted octanol–water partition coefficient (Wildman–Crippen LogP) is 3.60. The number of hydrogen-bond acceptors (Lipinski definition) is 8. The molecule has 1 atom stereocenters. The first-order valence-electron chi connectivity index (χ1n) is 13.0. The number of nitrogens with one attached hydrogen (secondary N) is 1. The number of hydrogen-bond donors (Lipinski definition) is 1. The van der Waals surface area contributed by atoms with Crippen molar-refractivity contribution >= 4 is 22.8 Å². The molecule has 39 heavy (non-hydrogen) atoms. The number of rotatable bonds is 7. The number of nitrogens with zero attached hydrogens (tertiary/aromatic N) is 5. The second-order valence-corrected chi connectivity index (χ2v) is 9.64. The van der Waals surface area contributed by atoms with Gasteiger partial charge in [-0.25, -0.2) is 9.97 Å². The van der Waals surface area contributed by atoms with Crippen molar-refractivity contribution in [3.63, 3.8) is 0 Å². The molecule has 2 aliphatic heterocycles. The second kappa shape index (κ2) is 11.0. The second-order valence-electron chi connectivity index (χ2n) is 9.64. The summed E-state index contributed by atoms with van der Waals surface area (Å²) >= 11 is 0. The molecule has 1 aromatic heterocycles. The fraction of sp³-hybridized carbons (Fsp3) is 0.267. The van der Waals surface area contributed by atoms with Crippen LogP contribution in [0.15, 0.2) is 72.8 Å². The minimum Gasteiger partial charge on any atom is -0.454 e. The summed E-state index contributed by atoms with van der Waals surface area (Å²) < 4.78 is 10.8. The van der Waals surface area contributed by atoms with Crippen molar-refractivity contribution in [1.82, 2.24) is 20.2 Å². The van der Waals surface area contributed by atoms with Crippen LogP contribution in [0, 0.1) is 11.3 Å². The number of benzene rings is 3. The van der Waals surface area contributed by atoms with Gasteiger partial charge in [0.2, 0.25) is 12.7 Å². The Balaban J connectivity index is 1.21. The third-order valence-electron chi connectivity index (χ3n) is 7.07. The summed E-state index contributed by atoms with van der Waals surface area (Å²) in [5.74, 6) is 0.405. The third-order valence-corrected chi connectivity index (χ3v) is 7.07. The lowest BCUT2D eigenvalue weighted by molar-refractivity contribution is -0.121. The Morgan fingerprint density at radius 2 is 1.62 bits per heavy atom. The lowest BCUT2D eigenvalue weighted by Gasteiger charge is -2.36. The number of ether oxygens (including phenoxy) is 2. The van der Waals surface area contributed by atoms with Crippen LogP contribution in [0.25, 0.3) is 11.0 Å². The maximum Gasteiger partial charge on any atom is 0.243 e. The lowest BCUT2D eigenvalue weighted by Crippen LogP contribution is -2.47. The molecule has 0 radical (unpaired) electrons. The van der Waals surface area contributed by atoms with E-state index in [4.69, 9.17) is 19.4 Å². The Labute approximate surface area is 226 Å². The van der Waals surface area contributed by atoms with Gasteiger partial charge in [-0.3, -0.25) is 9.69 Å². The molecule has 3 aromatic carbocycles. The van der Waals surface area contributed by atoms with Crippen LogP contribution in [0.1, 0.15) is 22.7 Å². The van der Waals surface area contributed by atoms with Gasteiger partial charge in [0, 0.05) is 39.3 Å². The van der Waals surface area contributed by atoms with Crippen molar-refractivity contribution in [2.45, 2.75) is 19.0 Å². The molecular formula is C30H28N6O3. The number of carbonyl (C=O) groups is 1. The van der Waals surface area contributed by atoms with Gasteiger partial charge < -0.3 is 19.7 Å². The smallest absolute Gasteiger partial charge is 0.243 e. The summed E-state index contributed by atoms with van der Waals surface area (Å²) in [5, 5.41) is 13.0. The van der Waals surface area contributed by atoms with E-state index in [1.807, 2.05) is 48.5 Å². The lowest BCUT2D eigenvalue weighted by atomic mass is 10.0. The average Bonchev–Trinajstić information content (AvgIpc) is 3.45. The van der Waals surface area contributed by atoms with E-state index in [1.54, 1.807) is 0 Å². The van der Waals surface area contributed by atoms with Gasteiger partial charge in [0.05, 0.1) is 17.1 Å². The minimum absolute atomic E-state index is 0.186. The van der Waals surface area contributed by atoms with Crippen molar-refractivity contribution in [1.29, 1.82) is 5.26 Å². The Kier molecular flexibility index (Phi) is 6.93. The van der Waals surface area contributed by atoms with Gasteiger partial charge >= 0.3 is 0 Å². The van der Waals surface area contributed by atoms with Crippen LogP contribution >= 0.6 is 0 Å². The van der Waals surface area contributed by atoms with Crippen LogP contribution in [0.2, 0.25) is 0 Å². The first-order chi connectivity index (χ1) is 19.2. The number of carbonyl (C=O) groups excluding carboxylic acids is 1. The zero-order valence-corrected chi connectivity index (χ0v) is 21.4. The fourth-order valence-corrected chi connectivity index (χ4v) is 4.98. The highest BCUT2D eigenvalue weighted by Gasteiger charge is 2.30. The van der Waals surface area contributed by atoms with Crippen molar-refractivity contribution in [3.8, 4) is 17.6 Å². The summed E-state index contributed by atoms with van der Waals surface area (Å²) in [7, 11) is 0. The topological polar surface area (TPSA) is 104 Å². The quantitative estimate of drug-likeness (QED) is 0.394. The zero-order chi connectivity index (χ0) is 26.6. The first-order valence-corrected chi connectivity index (χ1v) is 13.0. The Morgan fingerprint density at radius 1 is 0.897 bits per heavy atom. The van der Waals surface area contributed by atoms with Crippen molar-refractivity contribution < 1.29 is 14.3 Å². The maximum atomic E-state index is 13.3. The summed E-state index contributed by atoms with van der Waals surface area (Å²) in [6.07, 6.45) is 0. The SMILES string of the molecule is N#C[C@@H](C(=O)NCc1ccc2c(c1)OCO2)c1nc2ccccc2nc1N1CCN(Cc2ccccc2)CC1. The zero-order valence-electron chi connectivity index (χ0n) is 21.4. The first kappa shape index (κ1) is 24.6. The number of anilines is 1. The van der Waals surface area contributed by atoms with Crippen molar-refractivity contribution in [2.75, 3.05) is 37.9 Å². The minimum atomic E-state index is -1.10. The van der Waals surface area contributed by atoms with E-state index in [-0.39, 0.29) is 13.3 Å². The normalized spacial score (nSPS) is 15.6. The summed E-state index contributed by atoms with van der Waals surface area (Å²) in [6.45, 7) is 4.46. The molecule has 0 spiro atoms. The Hall–Kier alpha value is -4.68. The fourth-order valence-electron chi connectivity index (χ4n) is 4.98. The van der Waals surface area contributed by atoms with Crippen LogP contribution in [-0.4, -0.2) is 53.7 Å². The molecule has 0 bridgehead atoms. The molecule has 4 aromatic rings. The molecule has 1 fully saturated rings. The molecule has 1 N–H and O–H groups in total. The Bertz CT molecular complexity index is 1530. The van der Waals surface area contributed by atoms with Gasteiger partial charge in [-0.15, -0.1) is 0 Å². The van der Waals surface area contributed by atoms with E-state index < -0.39 is 11.8 Å². The predicted molar refractivity (Wildman–Crippen MR) is 146 cm³/mol. The molecule has 1 saturated heterocycles. The highest BCUT2D eigenvalue weighted by Crippen LogP contribution is 2.33. The third kappa shape index (κ3) is 5.33. The van der Waals surface area contributed by atoms with E-state index in [0.717, 1.165) is 43.8 Å². The molecule has 3 heterocycles. The standard InChI is InChI=1S/C30H28N6O3/c31-17-23(30(37)32-18-22-10-11-26-27(16-22)39-20-38-26)28-29(34-25-9-5-4-8-24(25)33-28)36-14-12-35(13-15-36)19-21-6-2-1-3-7-21/h1-11,16,23H,12-15,18-20H2,(H,32,37)/t23-/m1/s1. The molecule has 196 valence electrons. The van der Waals surface area contributed by atoms with Crippen LogP contribution in [0.3, 0.4) is 0 Å². The monoisotopic (exact) mass is 520 g/mol. The van der Waals surface area contributed by atoms with Crippen molar-refractivity contribution in [3.05, 3.63) is 89.6 Å². The van der Waals surface area contributed by atoms with Crippen LogP contribution in [-0.2, 0) is 17.9 Å². The molecular weight excluding hydrogens is 492 g/mol. The Morgan fingerprint density at radius 3 is 2.38 bits per heavy atom. The van der Waals surface area contributed by atoms with Crippen LogP contribution in [0.4, 0.5) is 5.82 Å². The van der Waals surface area contributed by atoms with Gasteiger partial charge in [0.25, 0.3) is 0 Å². The van der Waals surface area contributed by atoms with Gasteiger partial charge in [0.15, 0.2) is 23.2 Å². The maximum absolute atomic E-state index is 13.3. The number of para-hydroxylation sites is 2. The van der Waals surface area contributed by atoms with Crippen LogP contribution in [0.5, 0.6) is 11.5 Å². The van der Waals surface area contributed by atoms with E-state index in [2.05, 4.69) is 45.5 Å². The number of aromatic nitrogens is 2. The van der Waals surface area contributed by atoms with Gasteiger partial charge in [-0.2, -0.15) is 5.26 Å². The molecule has 1 amide bonds. The number of amides is 1. The molecule has 0 saturated carbocycles. The number of nitriles is 1. The van der Waals surface area contributed by atoms with E-state index in [0.29, 0.717) is 28.5 Å². The average molecular weight is 521 g/mol. The highest BCUT2D eigenvalue weighted by atomic mass is 16.7. The highest BCUT2D eigenvalue weighted by molar-refractivity contribution is 5.88. The van der Waals surface area contributed by atoms with E-state index in [9.17, 15) is 10.1 Å². The largest absolute Gasteiger partial charge is 0.454 e. The van der Waals surface area contributed by atoms with Gasteiger partial charge in [-0.1, -0.05) is 48.5 Å². The van der Waals surface area contributed by atoms with E-state index >= 15 is 0 Å². The number of piperazine rings is 1. The van der Waals surface area contributed by atoms with E-state index in [1.165, 1.54) is 5.56 Å². The molecule has 0 aliphatic carbocycles. The van der Waals surface area contributed by atoms with Crippen LogP contribution < -0.4 is 19.7 Å². The van der Waals surface area contributed by atoms with Gasteiger partial charge in [0.1, 0.15) is 5.69 Å².